The zero-order chi connectivity index (χ0) is 23.6. The number of aromatic nitrogens is 2. The van der Waals surface area contributed by atoms with E-state index >= 15 is 0 Å². The molecule has 1 saturated heterocycles. The van der Waals surface area contributed by atoms with Gasteiger partial charge in [-0.3, -0.25) is 9.58 Å². The van der Waals surface area contributed by atoms with Crippen LogP contribution in [-0.4, -0.2) is 63.5 Å². The first-order valence-electron chi connectivity index (χ1n) is 11.8. The van der Waals surface area contributed by atoms with Crippen molar-refractivity contribution >= 4 is 12.1 Å². The molecule has 2 aromatic rings. The lowest BCUT2D eigenvalue weighted by Gasteiger charge is -2.29. The van der Waals surface area contributed by atoms with Crippen LogP contribution in [0, 0.1) is 0 Å². The minimum Gasteiger partial charge on any atom is -0.461 e. The molecule has 1 amide bonds. The van der Waals surface area contributed by atoms with Gasteiger partial charge in [0.1, 0.15) is 11.3 Å². The Morgan fingerprint density at radius 1 is 1.15 bits per heavy atom. The van der Waals surface area contributed by atoms with Gasteiger partial charge in [0.15, 0.2) is 0 Å². The summed E-state index contributed by atoms with van der Waals surface area (Å²) >= 11 is 0. The largest absolute Gasteiger partial charge is 0.461 e. The highest BCUT2D eigenvalue weighted by molar-refractivity contribution is 5.90. The predicted octanol–water partition coefficient (Wildman–Crippen LogP) is 3.80. The van der Waals surface area contributed by atoms with E-state index in [1.54, 1.807) is 4.90 Å². The molecule has 0 spiro atoms. The molecule has 8 nitrogen and oxygen atoms in total. The van der Waals surface area contributed by atoms with Crippen molar-refractivity contribution in [3.8, 4) is 0 Å². The topological polar surface area (TPSA) is 76.9 Å². The fraction of sp³-hybridized carbons (Fsp3) is 0.560. The van der Waals surface area contributed by atoms with Crippen molar-refractivity contribution in [1.29, 1.82) is 0 Å². The van der Waals surface area contributed by atoms with E-state index in [4.69, 9.17) is 14.6 Å². The Kier molecular flexibility index (Phi) is 6.74. The molecular formula is C25H34N4O4. The highest BCUT2D eigenvalue weighted by Gasteiger charge is 2.36. The second-order valence-corrected chi connectivity index (χ2v) is 9.75. The van der Waals surface area contributed by atoms with Gasteiger partial charge in [0.05, 0.1) is 24.9 Å². The van der Waals surface area contributed by atoms with Crippen LogP contribution in [0.3, 0.4) is 0 Å². The van der Waals surface area contributed by atoms with Gasteiger partial charge in [-0.05, 0) is 46.1 Å². The van der Waals surface area contributed by atoms with Gasteiger partial charge >= 0.3 is 12.1 Å². The van der Waals surface area contributed by atoms with E-state index < -0.39 is 5.60 Å². The maximum atomic E-state index is 12.9. The standard InChI is InChI=1S/C25H34N4O4/c1-5-32-23(30)22-20-12-14-28(24(31)33-25(2,3)4)17-21(20)26-29(22)19-11-13-27(16-19)15-18-9-7-6-8-10-18/h6-10,19H,5,11-17H2,1-4H3. The number of carbonyl (C=O) groups excluding carboxylic acids is 2. The smallest absolute Gasteiger partial charge is 0.410 e. The van der Waals surface area contributed by atoms with Crippen LogP contribution in [0.1, 0.15) is 67.5 Å². The third-order valence-electron chi connectivity index (χ3n) is 6.03. The molecule has 1 unspecified atom stereocenters. The molecule has 0 aliphatic carbocycles. The number of amides is 1. The van der Waals surface area contributed by atoms with Gasteiger partial charge in [0.25, 0.3) is 0 Å². The normalized spacial score (nSPS) is 18.8. The molecule has 2 aliphatic rings. The number of carbonyl (C=O) groups is 2. The lowest BCUT2D eigenvalue weighted by Crippen LogP contribution is -2.40. The summed E-state index contributed by atoms with van der Waals surface area (Å²) in [6.45, 7) is 11.2. The summed E-state index contributed by atoms with van der Waals surface area (Å²) in [4.78, 5) is 29.6. The molecule has 1 aromatic carbocycles. The predicted molar refractivity (Wildman–Crippen MR) is 124 cm³/mol. The average molecular weight is 455 g/mol. The van der Waals surface area contributed by atoms with E-state index in [0.717, 1.165) is 37.3 Å². The zero-order valence-electron chi connectivity index (χ0n) is 20.0. The Labute approximate surface area is 195 Å². The average Bonchev–Trinajstić information content (AvgIpc) is 3.37. The highest BCUT2D eigenvalue weighted by atomic mass is 16.6. The monoisotopic (exact) mass is 454 g/mol. The van der Waals surface area contributed by atoms with Gasteiger partial charge in [0.2, 0.25) is 0 Å². The first-order chi connectivity index (χ1) is 15.7. The summed E-state index contributed by atoms with van der Waals surface area (Å²) in [5.41, 5.74) is 2.92. The second kappa shape index (κ2) is 9.55. The van der Waals surface area contributed by atoms with Crippen molar-refractivity contribution in [3.05, 3.63) is 52.8 Å². The molecule has 178 valence electrons. The van der Waals surface area contributed by atoms with Crippen LogP contribution in [-0.2, 0) is 29.0 Å². The van der Waals surface area contributed by atoms with Gasteiger partial charge in [0, 0.05) is 31.7 Å². The Morgan fingerprint density at radius 3 is 2.61 bits per heavy atom. The van der Waals surface area contributed by atoms with Gasteiger partial charge in [-0.15, -0.1) is 0 Å². The van der Waals surface area contributed by atoms with Gasteiger partial charge in [-0.1, -0.05) is 30.3 Å². The van der Waals surface area contributed by atoms with Crippen LogP contribution in [0.2, 0.25) is 0 Å². The number of nitrogens with zero attached hydrogens (tertiary/aromatic N) is 4. The van der Waals surface area contributed by atoms with E-state index in [1.165, 1.54) is 5.56 Å². The van der Waals surface area contributed by atoms with Crippen molar-refractivity contribution in [2.45, 2.75) is 65.3 Å². The second-order valence-electron chi connectivity index (χ2n) is 9.75. The first kappa shape index (κ1) is 23.3. The lowest BCUT2D eigenvalue weighted by atomic mass is 10.0. The SMILES string of the molecule is CCOC(=O)c1c2c(nn1C1CCN(Cc3ccccc3)C1)CN(C(=O)OC(C)(C)C)CC2. The van der Waals surface area contributed by atoms with Crippen molar-refractivity contribution in [2.24, 2.45) is 0 Å². The van der Waals surface area contributed by atoms with Crippen LogP contribution < -0.4 is 0 Å². The van der Waals surface area contributed by atoms with Crippen molar-refractivity contribution in [2.75, 3.05) is 26.2 Å². The number of likely N-dealkylation sites (tertiary alicyclic amines) is 1. The Balaban J connectivity index is 1.55. The molecule has 0 radical (unpaired) electrons. The number of rotatable bonds is 5. The summed E-state index contributed by atoms with van der Waals surface area (Å²) in [5.74, 6) is -0.335. The quantitative estimate of drug-likeness (QED) is 0.640. The summed E-state index contributed by atoms with van der Waals surface area (Å²) in [7, 11) is 0. The molecule has 1 fully saturated rings. The number of ether oxygens (including phenoxy) is 2. The van der Waals surface area contributed by atoms with E-state index in [1.807, 2.05) is 38.4 Å². The van der Waals surface area contributed by atoms with Gasteiger partial charge in [-0.25, -0.2) is 9.59 Å². The first-order valence-corrected chi connectivity index (χ1v) is 11.8. The number of esters is 1. The van der Waals surface area contributed by atoms with E-state index in [9.17, 15) is 9.59 Å². The molecule has 3 heterocycles. The fourth-order valence-electron chi connectivity index (χ4n) is 4.57. The maximum absolute atomic E-state index is 12.9. The third kappa shape index (κ3) is 5.38. The van der Waals surface area contributed by atoms with Gasteiger partial charge < -0.3 is 14.4 Å². The van der Waals surface area contributed by atoms with E-state index in [2.05, 4.69) is 29.2 Å². The third-order valence-corrected chi connectivity index (χ3v) is 6.03. The van der Waals surface area contributed by atoms with Crippen molar-refractivity contribution in [1.82, 2.24) is 19.6 Å². The number of hydrogen-bond acceptors (Lipinski definition) is 6. The summed E-state index contributed by atoms with van der Waals surface area (Å²) in [6, 6.07) is 10.5. The molecule has 4 rings (SSSR count). The highest BCUT2D eigenvalue weighted by Crippen LogP contribution is 2.30. The number of hydrogen-bond donors (Lipinski definition) is 0. The van der Waals surface area contributed by atoms with E-state index in [0.29, 0.717) is 31.8 Å². The molecule has 0 N–H and O–H groups in total. The molecule has 8 heteroatoms. The summed E-state index contributed by atoms with van der Waals surface area (Å²) in [6.07, 6.45) is 1.12. The van der Waals surface area contributed by atoms with E-state index in [-0.39, 0.29) is 18.1 Å². The molecule has 0 saturated carbocycles. The van der Waals surface area contributed by atoms with Crippen molar-refractivity contribution in [3.63, 3.8) is 0 Å². The fourth-order valence-corrected chi connectivity index (χ4v) is 4.57. The van der Waals surface area contributed by atoms with Crippen LogP contribution in [0.25, 0.3) is 0 Å². The molecule has 2 aliphatic heterocycles. The van der Waals surface area contributed by atoms with Crippen LogP contribution in [0.5, 0.6) is 0 Å². The minimum absolute atomic E-state index is 0.0914. The van der Waals surface area contributed by atoms with Crippen molar-refractivity contribution < 1.29 is 19.1 Å². The number of benzene rings is 1. The maximum Gasteiger partial charge on any atom is 0.410 e. The van der Waals surface area contributed by atoms with Crippen LogP contribution in [0.4, 0.5) is 4.79 Å². The molecule has 1 aromatic heterocycles. The Hall–Kier alpha value is -2.87. The van der Waals surface area contributed by atoms with Gasteiger partial charge in [-0.2, -0.15) is 5.10 Å². The Bertz CT molecular complexity index is 996. The van der Waals surface area contributed by atoms with Crippen LogP contribution >= 0.6 is 0 Å². The Morgan fingerprint density at radius 2 is 1.91 bits per heavy atom. The number of fused-ring (bicyclic) bond motifs is 1. The molecule has 33 heavy (non-hydrogen) atoms. The minimum atomic E-state index is -0.557. The van der Waals surface area contributed by atoms with Crippen LogP contribution in [0.15, 0.2) is 30.3 Å². The zero-order valence-corrected chi connectivity index (χ0v) is 20.0. The lowest BCUT2D eigenvalue weighted by molar-refractivity contribution is 0.0221. The molecular weight excluding hydrogens is 420 g/mol. The summed E-state index contributed by atoms with van der Waals surface area (Å²) < 4.78 is 12.8. The summed E-state index contributed by atoms with van der Waals surface area (Å²) in [5, 5.41) is 4.85. The molecule has 1 atom stereocenters. The molecule has 0 bridgehead atoms.